The van der Waals surface area contributed by atoms with E-state index < -0.39 is 0 Å². The van der Waals surface area contributed by atoms with E-state index in [1.54, 1.807) is 25.0 Å². The number of nitrogens with zero attached hydrogens (tertiary/aromatic N) is 5. The minimum absolute atomic E-state index is 0.150. The first kappa shape index (κ1) is 25.2. The molecule has 0 radical (unpaired) electrons. The number of nitrogens with one attached hydrogen (secondary N) is 1. The molecular weight excluding hydrogens is 480 g/mol. The van der Waals surface area contributed by atoms with Crippen LogP contribution in [0, 0.1) is 6.92 Å². The van der Waals surface area contributed by atoms with E-state index in [2.05, 4.69) is 56.6 Å². The molecular formula is C29H30N6O3. The van der Waals surface area contributed by atoms with E-state index >= 15 is 0 Å². The molecule has 0 saturated heterocycles. The number of aromatic nitrogens is 5. The number of pyridine rings is 1. The molecule has 2 aromatic heterocycles. The largest absolute Gasteiger partial charge is 0.493 e. The smallest absolute Gasteiger partial charge is 0.252 e. The first-order valence-corrected chi connectivity index (χ1v) is 12.4. The van der Waals surface area contributed by atoms with Gasteiger partial charge in [-0.15, -0.1) is 5.10 Å². The van der Waals surface area contributed by atoms with Crippen molar-refractivity contribution in [1.82, 2.24) is 30.1 Å². The predicted octanol–water partition coefficient (Wildman–Crippen LogP) is 4.09. The van der Waals surface area contributed by atoms with Crippen molar-refractivity contribution in [3.63, 3.8) is 0 Å². The third kappa shape index (κ3) is 5.73. The monoisotopic (exact) mass is 510 g/mol. The van der Waals surface area contributed by atoms with Crippen molar-refractivity contribution >= 4 is 10.9 Å². The summed E-state index contributed by atoms with van der Waals surface area (Å²) in [5.74, 6) is 1.90. The predicted molar refractivity (Wildman–Crippen MR) is 145 cm³/mol. The number of aromatic amines is 1. The second kappa shape index (κ2) is 11.3. The molecule has 9 heteroatoms. The molecule has 0 bridgehead atoms. The Morgan fingerprint density at radius 3 is 2.34 bits per heavy atom. The van der Waals surface area contributed by atoms with E-state index in [-0.39, 0.29) is 5.56 Å². The molecule has 3 aromatic carbocycles. The standard InChI is InChI=1S/C29H30N6O3/c1-20-9-11-22(12-10-20)16-34(19-28-31-32-33-35(28)17-21-7-5-4-6-8-21)18-24-13-23-14-26(37-2)27(38-3)15-25(23)30-29(24)36/h4-15H,16-19H2,1-3H3,(H,30,36). The summed E-state index contributed by atoms with van der Waals surface area (Å²) in [5, 5.41) is 13.3. The van der Waals surface area contributed by atoms with Crippen molar-refractivity contribution < 1.29 is 9.47 Å². The van der Waals surface area contributed by atoms with Crippen molar-refractivity contribution in [1.29, 1.82) is 0 Å². The number of fused-ring (bicyclic) bond motifs is 1. The number of aryl methyl sites for hydroxylation is 1. The molecule has 0 aliphatic heterocycles. The van der Waals surface area contributed by atoms with Crippen LogP contribution in [0.25, 0.3) is 10.9 Å². The zero-order valence-corrected chi connectivity index (χ0v) is 21.7. The molecule has 9 nitrogen and oxygen atoms in total. The second-order valence-corrected chi connectivity index (χ2v) is 9.29. The fraction of sp³-hybridized carbons (Fsp3) is 0.241. The summed E-state index contributed by atoms with van der Waals surface area (Å²) in [7, 11) is 3.17. The Balaban J connectivity index is 1.46. The van der Waals surface area contributed by atoms with Gasteiger partial charge in [-0.2, -0.15) is 0 Å². The van der Waals surface area contributed by atoms with Crippen LogP contribution in [-0.4, -0.2) is 44.3 Å². The highest BCUT2D eigenvalue weighted by Crippen LogP contribution is 2.31. The van der Waals surface area contributed by atoms with E-state index in [1.807, 2.05) is 42.5 Å². The number of rotatable bonds is 10. The molecule has 0 fully saturated rings. The summed E-state index contributed by atoms with van der Waals surface area (Å²) in [6.45, 7) is 4.14. The molecule has 0 aliphatic carbocycles. The van der Waals surface area contributed by atoms with Gasteiger partial charge in [0.05, 0.1) is 32.8 Å². The summed E-state index contributed by atoms with van der Waals surface area (Å²) in [6.07, 6.45) is 0. The highest BCUT2D eigenvalue weighted by molar-refractivity contribution is 5.83. The number of methoxy groups -OCH3 is 2. The zero-order valence-electron chi connectivity index (χ0n) is 21.7. The van der Waals surface area contributed by atoms with E-state index in [1.165, 1.54) is 5.56 Å². The molecule has 1 N–H and O–H groups in total. The Labute approximate surface area is 220 Å². The minimum Gasteiger partial charge on any atom is -0.493 e. The van der Waals surface area contributed by atoms with Gasteiger partial charge in [0.1, 0.15) is 0 Å². The Morgan fingerprint density at radius 1 is 0.868 bits per heavy atom. The van der Waals surface area contributed by atoms with Crippen molar-refractivity contribution in [2.45, 2.75) is 33.1 Å². The molecule has 194 valence electrons. The van der Waals surface area contributed by atoms with Gasteiger partial charge in [-0.25, -0.2) is 4.68 Å². The molecule has 0 aliphatic rings. The topological polar surface area (TPSA) is 98.2 Å². The maximum absolute atomic E-state index is 13.1. The first-order valence-electron chi connectivity index (χ1n) is 12.4. The van der Waals surface area contributed by atoms with Crippen LogP contribution in [0.1, 0.15) is 28.1 Å². The van der Waals surface area contributed by atoms with Gasteiger partial charge in [-0.1, -0.05) is 60.2 Å². The van der Waals surface area contributed by atoms with Gasteiger partial charge >= 0.3 is 0 Å². The average molecular weight is 511 g/mol. The van der Waals surface area contributed by atoms with Gasteiger partial charge in [0, 0.05) is 30.1 Å². The maximum Gasteiger partial charge on any atom is 0.252 e. The lowest BCUT2D eigenvalue weighted by Gasteiger charge is -2.22. The third-order valence-electron chi connectivity index (χ3n) is 6.49. The second-order valence-electron chi connectivity index (χ2n) is 9.29. The highest BCUT2D eigenvalue weighted by atomic mass is 16.5. The Bertz CT molecular complexity index is 1580. The molecule has 0 spiro atoms. The van der Waals surface area contributed by atoms with Crippen molar-refractivity contribution in [2.24, 2.45) is 0 Å². The van der Waals surface area contributed by atoms with Gasteiger partial charge in [0.25, 0.3) is 5.56 Å². The lowest BCUT2D eigenvalue weighted by atomic mass is 10.1. The summed E-state index contributed by atoms with van der Waals surface area (Å²) in [6, 6.07) is 24.0. The Hall–Kier alpha value is -4.50. The van der Waals surface area contributed by atoms with Gasteiger partial charge in [0.2, 0.25) is 0 Å². The van der Waals surface area contributed by atoms with Gasteiger partial charge in [-0.3, -0.25) is 9.69 Å². The SMILES string of the molecule is COc1cc2cc(CN(Cc3ccc(C)cc3)Cc3nnnn3Cc3ccccc3)c(=O)[nH]c2cc1OC. The van der Waals surface area contributed by atoms with Crippen LogP contribution in [0.4, 0.5) is 0 Å². The van der Waals surface area contributed by atoms with Gasteiger partial charge < -0.3 is 14.5 Å². The summed E-state index contributed by atoms with van der Waals surface area (Å²) in [4.78, 5) is 18.3. The molecule has 0 amide bonds. The highest BCUT2D eigenvalue weighted by Gasteiger charge is 2.17. The zero-order chi connectivity index (χ0) is 26.5. The molecule has 0 saturated carbocycles. The maximum atomic E-state index is 13.1. The van der Waals surface area contributed by atoms with Crippen LogP contribution >= 0.6 is 0 Å². The molecule has 5 rings (SSSR count). The number of benzene rings is 3. The number of hydrogen-bond acceptors (Lipinski definition) is 7. The lowest BCUT2D eigenvalue weighted by molar-refractivity contribution is 0.236. The van der Waals surface area contributed by atoms with Gasteiger partial charge in [-0.05, 0) is 40.6 Å². The van der Waals surface area contributed by atoms with Crippen LogP contribution in [-0.2, 0) is 26.2 Å². The fourth-order valence-corrected chi connectivity index (χ4v) is 4.47. The summed E-state index contributed by atoms with van der Waals surface area (Å²) in [5.41, 5.74) is 4.62. The van der Waals surface area contributed by atoms with Crippen molar-refractivity contribution in [2.75, 3.05) is 14.2 Å². The number of ether oxygens (including phenoxy) is 2. The molecule has 5 aromatic rings. The molecule has 0 atom stereocenters. The van der Waals surface area contributed by atoms with Crippen LogP contribution < -0.4 is 15.0 Å². The Kier molecular flexibility index (Phi) is 7.46. The minimum atomic E-state index is -0.150. The van der Waals surface area contributed by atoms with Crippen LogP contribution in [0.5, 0.6) is 11.5 Å². The number of tetrazole rings is 1. The van der Waals surface area contributed by atoms with E-state index in [4.69, 9.17) is 9.47 Å². The van der Waals surface area contributed by atoms with E-state index in [0.29, 0.717) is 48.8 Å². The molecule has 38 heavy (non-hydrogen) atoms. The van der Waals surface area contributed by atoms with Gasteiger partial charge in [0.15, 0.2) is 17.3 Å². The molecule has 2 heterocycles. The normalized spacial score (nSPS) is 11.3. The first-order chi connectivity index (χ1) is 18.5. The van der Waals surface area contributed by atoms with Crippen LogP contribution in [0.2, 0.25) is 0 Å². The summed E-state index contributed by atoms with van der Waals surface area (Å²) < 4.78 is 12.7. The quantitative estimate of drug-likeness (QED) is 0.302. The molecule has 0 unspecified atom stereocenters. The third-order valence-corrected chi connectivity index (χ3v) is 6.49. The lowest BCUT2D eigenvalue weighted by Crippen LogP contribution is -2.28. The Morgan fingerprint density at radius 2 is 1.61 bits per heavy atom. The summed E-state index contributed by atoms with van der Waals surface area (Å²) >= 11 is 0. The van der Waals surface area contributed by atoms with E-state index in [9.17, 15) is 4.79 Å². The van der Waals surface area contributed by atoms with E-state index in [0.717, 1.165) is 22.3 Å². The van der Waals surface area contributed by atoms with Crippen LogP contribution in [0.15, 0.2) is 77.6 Å². The van der Waals surface area contributed by atoms with Crippen molar-refractivity contribution in [3.8, 4) is 11.5 Å². The number of H-pyrrole nitrogens is 1. The fourth-order valence-electron chi connectivity index (χ4n) is 4.47. The van der Waals surface area contributed by atoms with Crippen molar-refractivity contribution in [3.05, 3.63) is 111 Å². The van der Waals surface area contributed by atoms with Crippen LogP contribution in [0.3, 0.4) is 0 Å². The number of hydrogen-bond donors (Lipinski definition) is 1. The average Bonchev–Trinajstić information content (AvgIpc) is 3.36.